The molecule has 2 heterocycles. The highest BCUT2D eigenvalue weighted by molar-refractivity contribution is 5.12. The zero-order chi connectivity index (χ0) is 10.9. The van der Waals surface area contributed by atoms with Crippen LogP contribution in [0.25, 0.3) is 0 Å². The van der Waals surface area contributed by atoms with E-state index in [2.05, 4.69) is 36.1 Å². The highest BCUT2D eigenvalue weighted by Gasteiger charge is 2.21. The fourth-order valence-electron chi connectivity index (χ4n) is 1.66. The van der Waals surface area contributed by atoms with Crippen LogP contribution in [0.4, 0.5) is 0 Å². The Kier molecular flexibility index (Phi) is 2.80. The SMILES string of the molecule is CC(C)(C)c1ncc(C2COCCN2)[nH]1. The number of nitrogens with zero attached hydrogens (tertiary/aromatic N) is 1. The van der Waals surface area contributed by atoms with Gasteiger partial charge in [0.2, 0.25) is 0 Å². The largest absolute Gasteiger partial charge is 0.378 e. The molecule has 1 atom stereocenters. The molecule has 84 valence electrons. The van der Waals surface area contributed by atoms with Crippen LogP contribution in [0, 0.1) is 0 Å². The monoisotopic (exact) mass is 209 g/mol. The van der Waals surface area contributed by atoms with Gasteiger partial charge < -0.3 is 15.0 Å². The van der Waals surface area contributed by atoms with Crippen molar-refractivity contribution in [2.24, 2.45) is 0 Å². The summed E-state index contributed by atoms with van der Waals surface area (Å²) in [4.78, 5) is 7.78. The van der Waals surface area contributed by atoms with E-state index >= 15 is 0 Å². The van der Waals surface area contributed by atoms with Crippen molar-refractivity contribution in [3.63, 3.8) is 0 Å². The molecule has 15 heavy (non-hydrogen) atoms. The van der Waals surface area contributed by atoms with Gasteiger partial charge in [-0.25, -0.2) is 4.98 Å². The fourth-order valence-corrected chi connectivity index (χ4v) is 1.66. The summed E-state index contributed by atoms with van der Waals surface area (Å²) in [5, 5.41) is 3.40. The molecule has 0 amide bonds. The second-order valence-electron chi connectivity index (χ2n) is 5.02. The Bertz CT molecular complexity index is 321. The molecule has 1 aromatic rings. The van der Waals surface area contributed by atoms with Gasteiger partial charge in [-0.2, -0.15) is 0 Å². The van der Waals surface area contributed by atoms with Gasteiger partial charge in [0, 0.05) is 18.2 Å². The molecule has 1 aliphatic rings. The van der Waals surface area contributed by atoms with E-state index in [0.29, 0.717) is 0 Å². The molecular weight excluding hydrogens is 190 g/mol. The molecule has 4 heteroatoms. The van der Waals surface area contributed by atoms with E-state index in [9.17, 15) is 0 Å². The standard InChI is InChI=1S/C11H19N3O/c1-11(2,3)10-13-6-8(14-10)9-7-15-5-4-12-9/h6,9,12H,4-5,7H2,1-3H3,(H,13,14). The van der Waals surface area contributed by atoms with E-state index in [0.717, 1.165) is 31.3 Å². The number of H-pyrrole nitrogens is 1. The van der Waals surface area contributed by atoms with E-state index in [1.165, 1.54) is 0 Å². The first kappa shape index (κ1) is 10.6. The first-order valence-electron chi connectivity index (χ1n) is 5.44. The predicted molar refractivity (Wildman–Crippen MR) is 58.9 cm³/mol. The predicted octanol–water partition coefficient (Wildman–Crippen LogP) is 1.37. The average molecular weight is 209 g/mol. The third-order valence-electron chi connectivity index (χ3n) is 2.60. The summed E-state index contributed by atoms with van der Waals surface area (Å²) >= 11 is 0. The van der Waals surface area contributed by atoms with Crippen LogP contribution in [0.1, 0.15) is 38.3 Å². The van der Waals surface area contributed by atoms with E-state index in [4.69, 9.17) is 4.74 Å². The molecule has 1 unspecified atom stereocenters. The summed E-state index contributed by atoms with van der Waals surface area (Å²) < 4.78 is 5.42. The lowest BCUT2D eigenvalue weighted by Gasteiger charge is -2.22. The van der Waals surface area contributed by atoms with Crippen molar-refractivity contribution in [2.75, 3.05) is 19.8 Å². The number of ether oxygens (including phenoxy) is 1. The molecule has 0 saturated carbocycles. The minimum absolute atomic E-state index is 0.0772. The van der Waals surface area contributed by atoms with Crippen LogP contribution < -0.4 is 5.32 Å². The maximum atomic E-state index is 5.42. The van der Waals surface area contributed by atoms with E-state index < -0.39 is 0 Å². The smallest absolute Gasteiger partial charge is 0.111 e. The molecule has 0 bridgehead atoms. The van der Waals surface area contributed by atoms with Gasteiger partial charge in [-0.3, -0.25) is 0 Å². The molecule has 1 aliphatic heterocycles. The molecule has 2 rings (SSSR count). The van der Waals surface area contributed by atoms with Gasteiger partial charge >= 0.3 is 0 Å². The molecule has 0 spiro atoms. The molecule has 1 saturated heterocycles. The lowest BCUT2D eigenvalue weighted by Crippen LogP contribution is -2.34. The molecule has 0 aromatic carbocycles. The number of hydrogen-bond donors (Lipinski definition) is 2. The zero-order valence-electron chi connectivity index (χ0n) is 9.63. The van der Waals surface area contributed by atoms with Crippen molar-refractivity contribution in [2.45, 2.75) is 32.2 Å². The number of imidazole rings is 1. The van der Waals surface area contributed by atoms with Crippen molar-refractivity contribution >= 4 is 0 Å². The lowest BCUT2D eigenvalue weighted by molar-refractivity contribution is 0.0757. The van der Waals surface area contributed by atoms with Crippen LogP contribution in [0.2, 0.25) is 0 Å². The van der Waals surface area contributed by atoms with Crippen LogP contribution in [0.3, 0.4) is 0 Å². The van der Waals surface area contributed by atoms with Crippen LogP contribution in [-0.4, -0.2) is 29.7 Å². The highest BCUT2D eigenvalue weighted by atomic mass is 16.5. The topological polar surface area (TPSA) is 49.9 Å². The van der Waals surface area contributed by atoms with Gasteiger partial charge in [-0.05, 0) is 0 Å². The van der Waals surface area contributed by atoms with Gasteiger partial charge in [0.25, 0.3) is 0 Å². The number of rotatable bonds is 1. The van der Waals surface area contributed by atoms with Crippen LogP contribution in [0.5, 0.6) is 0 Å². The first-order valence-corrected chi connectivity index (χ1v) is 5.44. The molecule has 4 nitrogen and oxygen atoms in total. The summed E-state index contributed by atoms with van der Waals surface area (Å²) in [6.07, 6.45) is 1.91. The number of aromatic amines is 1. The van der Waals surface area contributed by atoms with Crippen molar-refractivity contribution in [1.29, 1.82) is 0 Å². The third-order valence-corrected chi connectivity index (χ3v) is 2.60. The Morgan fingerprint density at radius 1 is 1.47 bits per heavy atom. The van der Waals surface area contributed by atoms with Crippen molar-refractivity contribution in [3.8, 4) is 0 Å². The fraction of sp³-hybridized carbons (Fsp3) is 0.727. The molecule has 0 radical (unpaired) electrons. The molecule has 1 aromatic heterocycles. The zero-order valence-corrected chi connectivity index (χ0v) is 9.63. The van der Waals surface area contributed by atoms with Crippen LogP contribution in [0.15, 0.2) is 6.20 Å². The summed E-state index contributed by atoms with van der Waals surface area (Å²) in [5.74, 6) is 1.03. The van der Waals surface area contributed by atoms with E-state index in [-0.39, 0.29) is 11.5 Å². The molecule has 2 N–H and O–H groups in total. The average Bonchev–Trinajstić information content (AvgIpc) is 2.67. The minimum atomic E-state index is 0.0772. The highest BCUT2D eigenvalue weighted by Crippen LogP contribution is 2.21. The van der Waals surface area contributed by atoms with E-state index in [1.807, 2.05) is 6.20 Å². The summed E-state index contributed by atoms with van der Waals surface area (Å²) in [6.45, 7) is 8.90. The van der Waals surface area contributed by atoms with Crippen molar-refractivity contribution < 1.29 is 4.74 Å². The van der Waals surface area contributed by atoms with E-state index in [1.54, 1.807) is 0 Å². The molecule has 1 fully saturated rings. The van der Waals surface area contributed by atoms with Crippen LogP contribution in [-0.2, 0) is 10.2 Å². The molecular formula is C11H19N3O. The van der Waals surface area contributed by atoms with Gasteiger partial charge in [0.15, 0.2) is 0 Å². The van der Waals surface area contributed by atoms with Gasteiger partial charge in [0.1, 0.15) is 5.82 Å². The first-order chi connectivity index (χ1) is 7.07. The Hall–Kier alpha value is -0.870. The number of aromatic nitrogens is 2. The molecule has 0 aliphatic carbocycles. The van der Waals surface area contributed by atoms with Gasteiger partial charge in [-0.1, -0.05) is 20.8 Å². The Morgan fingerprint density at radius 3 is 2.80 bits per heavy atom. The summed E-state index contributed by atoms with van der Waals surface area (Å²) in [7, 11) is 0. The Balaban J connectivity index is 2.12. The van der Waals surface area contributed by atoms with Gasteiger partial charge in [-0.15, -0.1) is 0 Å². The number of morpholine rings is 1. The lowest BCUT2D eigenvalue weighted by atomic mass is 9.96. The Morgan fingerprint density at radius 2 is 2.27 bits per heavy atom. The number of nitrogens with one attached hydrogen (secondary N) is 2. The van der Waals surface area contributed by atoms with Crippen molar-refractivity contribution in [3.05, 3.63) is 17.7 Å². The maximum absolute atomic E-state index is 5.42. The summed E-state index contributed by atoms with van der Waals surface area (Å²) in [6, 6.07) is 0.266. The third kappa shape index (κ3) is 2.38. The number of hydrogen-bond acceptors (Lipinski definition) is 3. The Labute approximate surface area is 90.4 Å². The van der Waals surface area contributed by atoms with Gasteiger partial charge in [0.05, 0.1) is 24.9 Å². The quantitative estimate of drug-likeness (QED) is 0.734. The second kappa shape index (κ2) is 3.94. The normalized spacial score (nSPS) is 23.0. The summed E-state index contributed by atoms with van der Waals surface area (Å²) in [5.41, 5.74) is 1.20. The minimum Gasteiger partial charge on any atom is -0.378 e. The van der Waals surface area contributed by atoms with Crippen molar-refractivity contribution in [1.82, 2.24) is 15.3 Å². The second-order valence-corrected chi connectivity index (χ2v) is 5.02. The van der Waals surface area contributed by atoms with Crippen LogP contribution >= 0.6 is 0 Å². The maximum Gasteiger partial charge on any atom is 0.111 e.